The standard InChI is InChI=1S/C12H17N5O2S/c1-3-4-13-8-5-9(15-12(14-8)20-2)17-6-10(18)16-11(19)7-17/h5H,3-4,6-7H2,1-2H3,(H,13,14,15)(H,16,18,19). The number of amides is 2. The molecule has 2 amide bonds. The highest BCUT2D eigenvalue weighted by Crippen LogP contribution is 2.21. The second-order valence-corrected chi connectivity index (χ2v) is 5.13. The maximum atomic E-state index is 11.4. The molecule has 0 spiro atoms. The number of aromatic nitrogens is 2. The summed E-state index contributed by atoms with van der Waals surface area (Å²) >= 11 is 1.42. The summed E-state index contributed by atoms with van der Waals surface area (Å²) in [5.41, 5.74) is 0. The van der Waals surface area contributed by atoms with Crippen molar-refractivity contribution >= 4 is 35.2 Å². The zero-order chi connectivity index (χ0) is 14.5. The van der Waals surface area contributed by atoms with Crippen LogP contribution >= 0.6 is 11.8 Å². The molecule has 0 saturated carbocycles. The van der Waals surface area contributed by atoms with Crippen LogP contribution in [0.1, 0.15) is 13.3 Å². The molecule has 1 aliphatic rings. The molecule has 0 bridgehead atoms. The van der Waals surface area contributed by atoms with Crippen molar-refractivity contribution in [3.8, 4) is 0 Å². The molecule has 1 aliphatic heterocycles. The molecule has 0 unspecified atom stereocenters. The summed E-state index contributed by atoms with van der Waals surface area (Å²) in [4.78, 5) is 33.2. The molecule has 0 aromatic carbocycles. The lowest BCUT2D eigenvalue weighted by Crippen LogP contribution is -2.51. The van der Waals surface area contributed by atoms with E-state index in [0.29, 0.717) is 16.8 Å². The van der Waals surface area contributed by atoms with Gasteiger partial charge in [0.1, 0.15) is 11.6 Å². The number of carbonyl (C=O) groups is 2. The maximum Gasteiger partial charge on any atom is 0.246 e. The second kappa shape index (κ2) is 6.56. The monoisotopic (exact) mass is 295 g/mol. The molecular weight excluding hydrogens is 278 g/mol. The van der Waals surface area contributed by atoms with E-state index in [0.717, 1.165) is 13.0 Å². The molecule has 1 aromatic rings. The Balaban J connectivity index is 2.25. The topological polar surface area (TPSA) is 87.2 Å². The van der Waals surface area contributed by atoms with Gasteiger partial charge in [0.2, 0.25) is 11.8 Å². The Morgan fingerprint density at radius 1 is 1.35 bits per heavy atom. The average Bonchev–Trinajstić information content (AvgIpc) is 2.43. The zero-order valence-corrected chi connectivity index (χ0v) is 12.3. The number of carbonyl (C=O) groups excluding carboxylic acids is 2. The fraction of sp³-hybridized carbons (Fsp3) is 0.500. The van der Waals surface area contributed by atoms with Gasteiger partial charge in [-0.15, -0.1) is 0 Å². The first-order valence-corrected chi connectivity index (χ1v) is 7.59. The number of nitrogens with zero attached hydrogens (tertiary/aromatic N) is 3. The lowest BCUT2D eigenvalue weighted by molar-refractivity contribution is -0.130. The van der Waals surface area contributed by atoms with Gasteiger partial charge in [-0.25, -0.2) is 9.97 Å². The lowest BCUT2D eigenvalue weighted by Gasteiger charge is -2.26. The van der Waals surface area contributed by atoms with Crippen molar-refractivity contribution in [1.82, 2.24) is 15.3 Å². The highest BCUT2D eigenvalue weighted by Gasteiger charge is 2.24. The van der Waals surface area contributed by atoms with E-state index in [9.17, 15) is 9.59 Å². The molecular formula is C12H17N5O2S. The summed E-state index contributed by atoms with van der Waals surface area (Å²) in [5, 5.41) is 6.08. The third-order valence-electron chi connectivity index (χ3n) is 2.70. The first-order valence-electron chi connectivity index (χ1n) is 6.37. The fourth-order valence-corrected chi connectivity index (χ4v) is 2.18. The molecule has 0 aliphatic carbocycles. The van der Waals surface area contributed by atoms with E-state index >= 15 is 0 Å². The van der Waals surface area contributed by atoms with Gasteiger partial charge in [-0.2, -0.15) is 0 Å². The fourth-order valence-electron chi connectivity index (χ4n) is 1.81. The van der Waals surface area contributed by atoms with Crippen LogP contribution in [0.15, 0.2) is 11.2 Å². The molecule has 1 fully saturated rings. The number of piperazine rings is 1. The molecule has 108 valence electrons. The van der Waals surface area contributed by atoms with Crippen LogP contribution in [-0.4, -0.2) is 47.7 Å². The SMILES string of the molecule is CCCNc1cc(N2CC(=O)NC(=O)C2)nc(SC)n1. The van der Waals surface area contributed by atoms with Gasteiger partial charge in [-0.1, -0.05) is 18.7 Å². The zero-order valence-electron chi connectivity index (χ0n) is 11.5. The summed E-state index contributed by atoms with van der Waals surface area (Å²) in [6.07, 6.45) is 2.87. The van der Waals surface area contributed by atoms with E-state index in [2.05, 4.69) is 27.5 Å². The Morgan fingerprint density at radius 3 is 2.65 bits per heavy atom. The molecule has 2 rings (SSSR count). The van der Waals surface area contributed by atoms with Crippen LogP contribution < -0.4 is 15.5 Å². The van der Waals surface area contributed by atoms with Crippen LogP contribution in [0.25, 0.3) is 0 Å². The smallest absolute Gasteiger partial charge is 0.246 e. The molecule has 1 aromatic heterocycles. The minimum atomic E-state index is -0.311. The summed E-state index contributed by atoms with van der Waals surface area (Å²) in [7, 11) is 0. The molecule has 8 heteroatoms. The van der Waals surface area contributed by atoms with E-state index in [1.165, 1.54) is 11.8 Å². The van der Waals surface area contributed by atoms with Gasteiger partial charge in [0.25, 0.3) is 0 Å². The van der Waals surface area contributed by atoms with Crippen molar-refractivity contribution in [2.24, 2.45) is 0 Å². The van der Waals surface area contributed by atoms with E-state index < -0.39 is 0 Å². The largest absolute Gasteiger partial charge is 0.370 e. The van der Waals surface area contributed by atoms with Crippen LogP contribution in [0.3, 0.4) is 0 Å². The van der Waals surface area contributed by atoms with E-state index in [1.807, 2.05) is 6.26 Å². The minimum absolute atomic E-state index is 0.129. The summed E-state index contributed by atoms with van der Waals surface area (Å²) in [5.74, 6) is 0.674. The number of nitrogens with one attached hydrogen (secondary N) is 2. The van der Waals surface area contributed by atoms with Crippen LogP contribution in [0.5, 0.6) is 0 Å². The van der Waals surface area contributed by atoms with Crippen LogP contribution in [0.4, 0.5) is 11.6 Å². The third kappa shape index (κ3) is 3.60. The first kappa shape index (κ1) is 14.6. The van der Waals surface area contributed by atoms with Gasteiger partial charge < -0.3 is 10.2 Å². The van der Waals surface area contributed by atoms with Gasteiger partial charge in [-0.3, -0.25) is 14.9 Å². The van der Waals surface area contributed by atoms with Crippen LogP contribution in [0, 0.1) is 0 Å². The van der Waals surface area contributed by atoms with Gasteiger partial charge in [0.05, 0.1) is 13.1 Å². The van der Waals surface area contributed by atoms with Crippen molar-refractivity contribution < 1.29 is 9.59 Å². The Kier molecular flexibility index (Phi) is 4.78. The normalized spacial score (nSPS) is 15.2. The van der Waals surface area contributed by atoms with E-state index in [-0.39, 0.29) is 24.9 Å². The maximum absolute atomic E-state index is 11.4. The molecule has 20 heavy (non-hydrogen) atoms. The molecule has 1 saturated heterocycles. The number of hydrogen-bond donors (Lipinski definition) is 2. The van der Waals surface area contributed by atoms with Crippen molar-refractivity contribution in [3.05, 3.63) is 6.07 Å². The van der Waals surface area contributed by atoms with Crippen molar-refractivity contribution in [2.75, 3.05) is 36.1 Å². The number of imide groups is 1. The molecule has 2 N–H and O–H groups in total. The Hall–Kier alpha value is -1.83. The molecule has 0 atom stereocenters. The number of thioether (sulfide) groups is 1. The number of rotatable bonds is 5. The minimum Gasteiger partial charge on any atom is -0.370 e. The number of anilines is 2. The van der Waals surface area contributed by atoms with Crippen molar-refractivity contribution in [1.29, 1.82) is 0 Å². The highest BCUT2D eigenvalue weighted by atomic mass is 32.2. The molecule has 2 heterocycles. The summed E-state index contributed by atoms with van der Waals surface area (Å²) < 4.78 is 0. The van der Waals surface area contributed by atoms with Crippen LogP contribution in [-0.2, 0) is 9.59 Å². The van der Waals surface area contributed by atoms with Crippen molar-refractivity contribution in [3.63, 3.8) is 0 Å². The number of hydrogen-bond acceptors (Lipinski definition) is 7. The van der Waals surface area contributed by atoms with Gasteiger partial charge in [-0.05, 0) is 12.7 Å². The summed E-state index contributed by atoms with van der Waals surface area (Å²) in [6, 6.07) is 1.77. The molecule has 7 nitrogen and oxygen atoms in total. The van der Waals surface area contributed by atoms with E-state index in [4.69, 9.17) is 0 Å². The highest BCUT2D eigenvalue weighted by molar-refractivity contribution is 7.98. The Labute approximate surface area is 121 Å². The lowest BCUT2D eigenvalue weighted by atomic mass is 10.3. The predicted molar refractivity (Wildman–Crippen MR) is 78.0 cm³/mol. The van der Waals surface area contributed by atoms with Crippen molar-refractivity contribution in [2.45, 2.75) is 18.5 Å². The van der Waals surface area contributed by atoms with Gasteiger partial charge in [0, 0.05) is 12.6 Å². The van der Waals surface area contributed by atoms with E-state index in [1.54, 1.807) is 11.0 Å². The quantitative estimate of drug-likeness (QED) is 0.464. The Morgan fingerprint density at radius 2 is 2.05 bits per heavy atom. The third-order valence-corrected chi connectivity index (χ3v) is 3.25. The average molecular weight is 295 g/mol. The van der Waals surface area contributed by atoms with Gasteiger partial charge in [0.15, 0.2) is 5.16 Å². The predicted octanol–water partition coefficient (Wildman–Crippen LogP) is 0.483. The van der Waals surface area contributed by atoms with Crippen LogP contribution in [0.2, 0.25) is 0 Å². The first-order chi connectivity index (χ1) is 9.62. The van der Waals surface area contributed by atoms with Gasteiger partial charge >= 0.3 is 0 Å². The summed E-state index contributed by atoms with van der Waals surface area (Å²) in [6.45, 7) is 3.13. The molecule has 0 radical (unpaired) electrons. The second-order valence-electron chi connectivity index (χ2n) is 4.35. The Bertz CT molecular complexity index is 507.